The molecule has 88 valence electrons. The summed E-state index contributed by atoms with van der Waals surface area (Å²) < 4.78 is 16.0. The zero-order valence-corrected chi connectivity index (χ0v) is 9.41. The van der Waals surface area contributed by atoms with E-state index in [2.05, 4.69) is 5.32 Å². The Morgan fingerprint density at radius 2 is 2.27 bits per heavy atom. The Morgan fingerprint density at radius 3 is 2.93 bits per heavy atom. The first-order valence-electron chi connectivity index (χ1n) is 5.84. The molecule has 2 aliphatic rings. The minimum absolute atomic E-state index is 0.334. The molecule has 0 radical (unpaired) electrons. The highest BCUT2D eigenvalue weighted by molar-refractivity contribution is 4.82. The Hall–Kier alpha value is -0.160. The minimum atomic E-state index is 0.334. The molecule has 1 aliphatic carbocycles. The van der Waals surface area contributed by atoms with Crippen LogP contribution in [-0.2, 0) is 14.2 Å². The second-order valence-corrected chi connectivity index (χ2v) is 4.38. The molecule has 0 spiro atoms. The summed E-state index contributed by atoms with van der Waals surface area (Å²) >= 11 is 0. The first kappa shape index (κ1) is 11.3. The van der Waals surface area contributed by atoms with Crippen LogP contribution in [0.1, 0.15) is 25.7 Å². The van der Waals surface area contributed by atoms with Crippen LogP contribution >= 0.6 is 0 Å². The van der Waals surface area contributed by atoms with E-state index >= 15 is 0 Å². The Morgan fingerprint density at radius 1 is 1.33 bits per heavy atom. The van der Waals surface area contributed by atoms with E-state index in [1.165, 1.54) is 12.8 Å². The highest BCUT2D eigenvalue weighted by atomic mass is 16.7. The lowest BCUT2D eigenvalue weighted by Gasteiger charge is -2.24. The highest BCUT2D eigenvalue weighted by Crippen LogP contribution is 2.21. The third-order valence-corrected chi connectivity index (χ3v) is 3.32. The summed E-state index contributed by atoms with van der Waals surface area (Å²) in [6.07, 6.45) is 5.34. The van der Waals surface area contributed by atoms with Crippen LogP contribution in [0.4, 0.5) is 0 Å². The number of ether oxygens (including phenoxy) is 3. The average molecular weight is 215 g/mol. The van der Waals surface area contributed by atoms with Gasteiger partial charge in [-0.05, 0) is 25.7 Å². The normalized spacial score (nSPS) is 37.0. The quantitative estimate of drug-likeness (QED) is 0.756. The first-order valence-corrected chi connectivity index (χ1v) is 5.84. The van der Waals surface area contributed by atoms with Crippen LogP contribution in [0, 0.1) is 0 Å². The molecule has 0 aromatic carbocycles. The molecule has 3 atom stereocenters. The fraction of sp³-hybridized carbons (Fsp3) is 1.00. The van der Waals surface area contributed by atoms with Gasteiger partial charge in [0, 0.05) is 19.7 Å². The van der Waals surface area contributed by atoms with Crippen molar-refractivity contribution in [3.63, 3.8) is 0 Å². The first-order chi connectivity index (χ1) is 7.38. The fourth-order valence-corrected chi connectivity index (χ4v) is 2.30. The van der Waals surface area contributed by atoms with Crippen molar-refractivity contribution >= 4 is 0 Å². The summed E-state index contributed by atoms with van der Waals surface area (Å²) in [5.74, 6) is 0. The van der Waals surface area contributed by atoms with Crippen molar-refractivity contribution in [2.75, 3.05) is 27.1 Å². The number of hydrogen-bond donors (Lipinski definition) is 1. The molecule has 1 N–H and O–H groups in total. The zero-order chi connectivity index (χ0) is 10.5. The number of rotatable bonds is 4. The van der Waals surface area contributed by atoms with Gasteiger partial charge < -0.3 is 19.5 Å². The molecule has 2 rings (SSSR count). The van der Waals surface area contributed by atoms with E-state index in [-0.39, 0.29) is 0 Å². The summed E-state index contributed by atoms with van der Waals surface area (Å²) in [6.45, 7) is 2.24. The van der Waals surface area contributed by atoms with E-state index in [0.29, 0.717) is 25.0 Å². The molecule has 4 nitrogen and oxygen atoms in total. The van der Waals surface area contributed by atoms with Crippen LogP contribution in [0.5, 0.6) is 0 Å². The summed E-state index contributed by atoms with van der Waals surface area (Å²) in [5, 5.41) is 3.56. The van der Waals surface area contributed by atoms with E-state index < -0.39 is 0 Å². The van der Waals surface area contributed by atoms with E-state index in [1.807, 2.05) is 0 Å². The van der Waals surface area contributed by atoms with Crippen molar-refractivity contribution in [2.24, 2.45) is 0 Å². The molecule has 0 aromatic heterocycles. The van der Waals surface area contributed by atoms with Crippen molar-refractivity contribution < 1.29 is 14.2 Å². The van der Waals surface area contributed by atoms with Crippen LogP contribution in [0.3, 0.4) is 0 Å². The third kappa shape index (κ3) is 3.41. The van der Waals surface area contributed by atoms with Gasteiger partial charge in [-0.25, -0.2) is 0 Å². The maximum Gasteiger partial charge on any atom is 0.147 e. The SMILES string of the molecule is COC1CCC(NCC2CCOCO2)C1. The van der Waals surface area contributed by atoms with Gasteiger partial charge in [0.2, 0.25) is 0 Å². The predicted octanol–water partition coefficient (Wildman–Crippen LogP) is 0.906. The second-order valence-electron chi connectivity index (χ2n) is 4.38. The molecule has 1 aliphatic heterocycles. The van der Waals surface area contributed by atoms with E-state index in [9.17, 15) is 0 Å². The Labute approximate surface area is 91.3 Å². The van der Waals surface area contributed by atoms with Gasteiger partial charge in [0.05, 0.1) is 18.8 Å². The number of methoxy groups -OCH3 is 1. The van der Waals surface area contributed by atoms with Gasteiger partial charge in [0.1, 0.15) is 6.79 Å². The molecule has 3 unspecified atom stereocenters. The van der Waals surface area contributed by atoms with E-state index in [1.54, 1.807) is 7.11 Å². The zero-order valence-electron chi connectivity index (χ0n) is 9.41. The molecule has 15 heavy (non-hydrogen) atoms. The largest absolute Gasteiger partial charge is 0.381 e. The molecule has 1 saturated heterocycles. The monoisotopic (exact) mass is 215 g/mol. The molecular weight excluding hydrogens is 194 g/mol. The van der Waals surface area contributed by atoms with Crippen molar-refractivity contribution in [3.8, 4) is 0 Å². The smallest absolute Gasteiger partial charge is 0.147 e. The maximum absolute atomic E-state index is 5.47. The summed E-state index contributed by atoms with van der Waals surface area (Å²) in [5.41, 5.74) is 0. The molecule has 2 fully saturated rings. The Kier molecular flexibility index (Phi) is 4.38. The van der Waals surface area contributed by atoms with Crippen LogP contribution in [0.2, 0.25) is 0 Å². The second kappa shape index (κ2) is 5.80. The van der Waals surface area contributed by atoms with Crippen molar-refractivity contribution in [1.82, 2.24) is 5.32 Å². The van der Waals surface area contributed by atoms with Crippen LogP contribution in [0.15, 0.2) is 0 Å². The topological polar surface area (TPSA) is 39.7 Å². The summed E-state index contributed by atoms with van der Waals surface area (Å²) in [6, 6.07) is 0.612. The molecular formula is C11H21NO3. The molecule has 4 heteroatoms. The van der Waals surface area contributed by atoms with Crippen molar-refractivity contribution in [3.05, 3.63) is 0 Å². The van der Waals surface area contributed by atoms with E-state index in [4.69, 9.17) is 14.2 Å². The fourth-order valence-electron chi connectivity index (χ4n) is 2.30. The number of nitrogens with one attached hydrogen (secondary N) is 1. The van der Waals surface area contributed by atoms with Crippen LogP contribution in [-0.4, -0.2) is 45.3 Å². The van der Waals surface area contributed by atoms with Gasteiger partial charge >= 0.3 is 0 Å². The summed E-state index contributed by atoms with van der Waals surface area (Å²) in [4.78, 5) is 0. The van der Waals surface area contributed by atoms with Gasteiger partial charge in [-0.1, -0.05) is 0 Å². The van der Waals surface area contributed by atoms with Gasteiger partial charge in [0.15, 0.2) is 0 Å². The van der Waals surface area contributed by atoms with Crippen LogP contribution in [0.25, 0.3) is 0 Å². The Bertz CT molecular complexity index is 183. The number of hydrogen-bond acceptors (Lipinski definition) is 4. The molecule has 1 heterocycles. The predicted molar refractivity (Wildman–Crippen MR) is 56.7 cm³/mol. The van der Waals surface area contributed by atoms with Gasteiger partial charge in [0.25, 0.3) is 0 Å². The van der Waals surface area contributed by atoms with Crippen LogP contribution < -0.4 is 5.32 Å². The third-order valence-electron chi connectivity index (χ3n) is 3.32. The lowest BCUT2D eigenvalue weighted by molar-refractivity contribution is -0.137. The minimum Gasteiger partial charge on any atom is -0.381 e. The molecule has 1 saturated carbocycles. The lowest BCUT2D eigenvalue weighted by Crippen LogP contribution is -2.38. The molecule has 0 amide bonds. The molecule has 0 bridgehead atoms. The Balaban J connectivity index is 1.61. The average Bonchev–Trinajstić information content (AvgIpc) is 2.76. The standard InChI is InChI=1S/C11H21NO3/c1-13-10-3-2-9(6-10)12-7-11-4-5-14-8-15-11/h9-12H,2-8H2,1H3. The molecule has 0 aromatic rings. The van der Waals surface area contributed by atoms with Crippen molar-refractivity contribution in [1.29, 1.82) is 0 Å². The van der Waals surface area contributed by atoms with E-state index in [0.717, 1.165) is 26.0 Å². The van der Waals surface area contributed by atoms with Gasteiger partial charge in [-0.15, -0.1) is 0 Å². The van der Waals surface area contributed by atoms with Gasteiger partial charge in [-0.3, -0.25) is 0 Å². The van der Waals surface area contributed by atoms with Gasteiger partial charge in [-0.2, -0.15) is 0 Å². The highest BCUT2D eigenvalue weighted by Gasteiger charge is 2.25. The summed E-state index contributed by atoms with van der Waals surface area (Å²) in [7, 11) is 1.80. The lowest BCUT2D eigenvalue weighted by atomic mass is 10.2. The van der Waals surface area contributed by atoms with Crippen molar-refractivity contribution in [2.45, 2.75) is 43.9 Å². The maximum atomic E-state index is 5.47.